The molecule has 0 aliphatic heterocycles. The third-order valence-corrected chi connectivity index (χ3v) is 0.270. The summed E-state index contributed by atoms with van der Waals surface area (Å²) in [5.41, 5.74) is 0. The van der Waals surface area contributed by atoms with Crippen molar-refractivity contribution >= 4 is 7.82 Å². The minimum atomic E-state index is -4.81. The molecule has 7 heteroatoms. The van der Waals surface area contributed by atoms with Gasteiger partial charge in [0.1, 0.15) is 0 Å². The molecule has 42 valence electrons. The molecule has 0 aromatic rings. The van der Waals surface area contributed by atoms with Crippen molar-refractivity contribution in [2.24, 2.45) is 0 Å². The Morgan fingerprint density at radius 1 is 1.57 bits per heavy atom. The van der Waals surface area contributed by atoms with Gasteiger partial charge in [-0.2, -0.15) is 0 Å². The van der Waals surface area contributed by atoms with Gasteiger partial charge in [0.15, 0.2) is 0 Å². The van der Waals surface area contributed by atoms with E-state index >= 15 is 0 Å². The maximum atomic E-state index is 10.2. The van der Waals surface area contributed by atoms with E-state index in [1.807, 2.05) is 0 Å². The van der Waals surface area contributed by atoms with Crippen molar-refractivity contribution in [2.45, 2.75) is 0 Å². The molecule has 0 saturated carbocycles. The third kappa shape index (κ3) is 10.9. The van der Waals surface area contributed by atoms with Gasteiger partial charge in [-0.3, -0.25) is 0 Å². The predicted molar refractivity (Wildman–Crippen MR) is 14.2 cm³/mol. The molecule has 0 unspecified atom stereocenters. The van der Waals surface area contributed by atoms with Crippen LogP contribution in [0.4, 0.5) is 4.53 Å². The van der Waals surface area contributed by atoms with Gasteiger partial charge in [0.2, 0.25) is 0 Å². The van der Waals surface area contributed by atoms with Gasteiger partial charge < -0.3 is 9.79 Å². The monoisotopic (exact) mass is 206 g/mol. The molecule has 2 N–H and O–H groups in total. The maximum absolute atomic E-state index is 10.2. The molecule has 0 radical (unpaired) electrons. The van der Waals surface area contributed by atoms with E-state index in [4.69, 9.17) is 14.4 Å². The number of phosphoric acid groups is 1. The van der Waals surface area contributed by atoms with Crippen LogP contribution in [0.5, 0.6) is 0 Å². The first kappa shape index (κ1) is 10.8. The second kappa shape index (κ2) is 3.87. The summed E-state index contributed by atoms with van der Waals surface area (Å²) in [6.45, 7) is 0. The quantitative estimate of drug-likeness (QED) is 0.593. The standard InChI is InChI=1S/FH2O4P.Zr/c1-5-6(2,3)4;/h(H2,2,3,4);. The van der Waals surface area contributed by atoms with Crippen LogP contribution in [0.1, 0.15) is 0 Å². The van der Waals surface area contributed by atoms with Crippen LogP contribution >= 0.6 is 7.82 Å². The molecule has 0 atom stereocenters. The fourth-order valence-electron chi connectivity index (χ4n) is 0. The van der Waals surface area contributed by atoms with Crippen LogP contribution in [-0.4, -0.2) is 9.79 Å². The van der Waals surface area contributed by atoms with E-state index in [1.165, 1.54) is 0 Å². The van der Waals surface area contributed by atoms with Crippen LogP contribution in [0.15, 0.2) is 0 Å². The van der Waals surface area contributed by atoms with Crippen LogP contribution in [0.25, 0.3) is 0 Å². The van der Waals surface area contributed by atoms with Crippen molar-refractivity contribution < 1.29 is 49.8 Å². The Kier molecular flexibility index (Phi) is 5.98. The van der Waals surface area contributed by atoms with Gasteiger partial charge in [0.05, 0.1) is 0 Å². The minimum Gasteiger partial charge on any atom is -0.301 e. The number of halogens is 1. The molecule has 4 nitrogen and oxygen atoms in total. The zero-order chi connectivity index (χ0) is 5.21. The van der Waals surface area contributed by atoms with Crippen LogP contribution in [0.2, 0.25) is 0 Å². The molecule has 0 spiro atoms. The first-order valence-corrected chi connectivity index (χ1v) is 2.45. The number of rotatable bonds is 1. The average Bonchev–Trinajstić information content (AvgIpc) is 1.35. The molecule has 0 rings (SSSR count). The van der Waals surface area contributed by atoms with Crippen LogP contribution < -0.4 is 0 Å². The summed E-state index contributed by atoms with van der Waals surface area (Å²) in [7, 11) is -4.81. The van der Waals surface area contributed by atoms with E-state index in [-0.39, 0.29) is 26.2 Å². The first-order chi connectivity index (χ1) is 2.56. The van der Waals surface area contributed by atoms with Crippen molar-refractivity contribution in [3.63, 3.8) is 0 Å². The summed E-state index contributed by atoms with van der Waals surface area (Å²) in [4.78, 5) is 14.7. The summed E-state index contributed by atoms with van der Waals surface area (Å²) < 4.78 is 21.4. The summed E-state index contributed by atoms with van der Waals surface area (Å²) in [5.74, 6) is 0. The smallest absolute Gasteiger partial charge is 0.301 e. The Labute approximate surface area is 57.9 Å². The van der Waals surface area contributed by atoms with E-state index in [2.05, 4.69) is 4.73 Å². The van der Waals surface area contributed by atoms with Gasteiger partial charge in [-0.1, -0.05) is 4.73 Å². The zero-order valence-electron chi connectivity index (χ0n) is 3.04. The van der Waals surface area contributed by atoms with Crippen molar-refractivity contribution in [1.82, 2.24) is 0 Å². The van der Waals surface area contributed by atoms with Crippen molar-refractivity contribution in [3.8, 4) is 0 Å². The van der Waals surface area contributed by atoms with Crippen molar-refractivity contribution in [2.75, 3.05) is 0 Å². The van der Waals surface area contributed by atoms with Crippen LogP contribution in [0.3, 0.4) is 0 Å². The largest absolute Gasteiger partial charge is 0.500 e. The van der Waals surface area contributed by atoms with E-state index in [9.17, 15) is 4.53 Å². The predicted octanol–water partition coefficient (Wildman–Crippen LogP) is -0.0223. The van der Waals surface area contributed by atoms with Crippen LogP contribution in [-0.2, 0) is 35.5 Å². The fraction of sp³-hybridized carbons (Fsp3) is 0. The van der Waals surface area contributed by atoms with E-state index in [0.717, 1.165) is 0 Å². The minimum absolute atomic E-state index is 0. The number of hydrogen-bond donors (Lipinski definition) is 2. The second-order valence-electron chi connectivity index (χ2n) is 0.560. The Balaban J connectivity index is 0. The molecule has 0 aromatic heterocycles. The topological polar surface area (TPSA) is 66.8 Å². The molecule has 0 fully saturated rings. The van der Waals surface area contributed by atoms with Gasteiger partial charge >= 0.3 is 7.82 Å². The van der Waals surface area contributed by atoms with E-state index in [0.29, 0.717) is 0 Å². The molecule has 0 aliphatic carbocycles. The van der Waals surface area contributed by atoms with Gasteiger partial charge in [-0.25, -0.2) is 4.57 Å². The van der Waals surface area contributed by atoms with Crippen molar-refractivity contribution in [3.05, 3.63) is 0 Å². The third-order valence-electron chi connectivity index (χ3n) is 0.0899. The molecule has 0 aromatic carbocycles. The van der Waals surface area contributed by atoms with Crippen molar-refractivity contribution in [1.29, 1.82) is 0 Å². The zero-order valence-corrected chi connectivity index (χ0v) is 6.39. The first-order valence-electron chi connectivity index (χ1n) is 0.919. The summed E-state index contributed by atoms with van der Waals surface area (Å²) in [6, 6.07) is 0. The van der Waals surface area contributed by atoms with Gasteiger partial charge in [-0.15, -0.1) is 0 Å². The van der Waals surface area contributed by atoms with E-state index in [1.54, 1.807) is 0 Å². The van der Waals surface area contributed by atoms with Crippen LogP contribution in [0, 0.1) is 0 Å². The van der Waals surface area contributed by atoms with Gasteiger partial charge in [-0.05, 0) is 4.53 Å². The molecule has 0 saturated heterocycles. The van der Waals surface area contributed by atoms with E-state index < -0.39 is 7.82 Å². The summed E-state index contributed by atoms with van der Waals surface area (Å²) in [6.07, 6.45) is 0. The molecule has 0 bridgehead atoms. The molecular formula is H2FO4PZr. The Hall–Kier alpha value is 0.923. The molecule has 0 aliphatic rings. The normalized spacial score (nSPS) is 10.1. The molecule has 0 heterocycles. The Morgan fingerprint density at radius 2 is 1.71 bits per heavy atom. The Morgan fingerprint density at radius 3 is 1.71 bits per heavy atom. The number of hydrogen-bond acceptors (Lipinski definition) is 2. The Bertz CT molecular complexity index is 75.8. The van der Waals surface area contributed by atoms with Gasteiger partial charge in [0, 0.05) is 26.2 Å². The molecule has 7 heavy (non-hydrogen) atoms. The summed E-state index contributed by atoms with van der Waals surface area (Å²) in [5, 5.41) is 0. The molecule has 0 amide bonds. The van der Waals surface area contributed by atoms with Gasteiger partial charge in [0.25, 0.3) is 0 Å². The summed E-state index contributed by atoms with van der Waals surface area (Å²) >= 11 is 0. The molecular weight excluding hydrogens is 205 g/mol. The average molecular weight is 207 g/mol. The second-order valence-corrected chi connectivity index (χ2v) is 1.68. The fourth-order valence-corrected chi connectivity index (χ4v) is 0. The maximum Gasteiger partial charge on any atom is 0.500 e. The SMILES string of the molecule is O=P(O)(O)OF.[Zr].